The Bertz CT molecular complexity index is 1590. The molecule has 56 heavy (non-hydrogen) atoms. The third-order valence-electron chi connectivity index (χ3n) is 7.32. The number of hydrogen-bond donors (Lipinski definition) is 4. The second-order valence-corrected chi connectivity index (χ2v) is 11.9. The van der Waals surface area contributed by atoms with Gasteiger partial charge >= 0.3 is 23.9 Å². The zero-order valence-corrected chi connectivity index (χ0v) is 30.7. The molecule has 302 valence electrons. The summed E-state index contributed by atoms with van der Waals surface area (Å²) < 4.78 is 42.0. The average Bonchev–Trinajstić information content (AvgIpc) is 3.20. The van der Waals surface area contributed by atoms with Gasteiger partial charge in [-0.2, -0.15) is 0 Å². The minimum Gasteiger partial charge on any atom is -0.504 e. The van der Waals surface area contributed by atoms with Crippen LogP contribution in [0.1, 0.15) is 46.4 Å². The van der Waals surface area contributed by atoms with Crippen LogP contribution in [-0.4, -0.2) is 109 Å². The number of phenolic OH excluding ortho intramolecular Hbond substituents is 2. The van der Waals surface area contributed by atoms with Gasteiger partial charge in [0.15, 0.2) is 23.0 Å². The molecule has 16 nitrogen and oxygen atoms in total. The van der Waals surface area contributed by atoms with Crippen LogP contribution in [-0.2, 0) is 28.5 Å². The monoisotopic (exact) mass is 782 g/mol. The maximum Gasteiger partial charge on any atom is 0.343 e. The van der Waals surface area contributed by atoms with E-state index in [1.807, 2.05) is 0 Å². The Morgan fingerprint density at radius 1 is 0.554 bits per heavy atom. The van der Waals surface area contributed by atoms with E-state index in [0.29, 0.717) is 63.6 Å². The lowest BCUT2D eigenvalue weighted by molar-refractivity contribution is -0.142. The van der Waals surface area contributed by atoms with Crippen LogP contribution in [0.4, 0.5) is 0 Å². The predicted molar refractivity (Wildman–Crippen MR) is 198 cm³/mol. The van der Waals surface area contributed by atoms with E-state index >= 15 is 0 Å². The fraction of sp³-hybridized carbons (Fsp3) is 0.350. The summed E-state index contributed by atoms with van der Waals surface area (Å²) in [4.78, 5) is 47.4. The normalized spacial score (nSPS) is 11.8. The van der Waals surface area contributed by atoms with Crippen molar-refractivity contribution >= 4 is 23.9 Å². The molecule has 0 saturated carbocycles. The molecule has 0 aliphatic rings. The number of rotatable bonds is 26. The second kappa shape index (κ2) is 24.5. The molecule has 3 aromatic rings. The Kier molecular flexibility index (Phi) is 19.4. The highest BCUT2D eigenvalue weighted by Gasteiger charge is 2.19. The van der Waals surface area contributed by atoms with E-state index in [2.05, 4.69) is 13.2 Å². The Balaban J connectivity index is 1.35. The SMILES string of the molecule is C=CC(=O)OCC(O)COCCCCOc1ccc(C(=O)Oc2cc(O)c(OC(=O)c3ccc(OCCCCOCC(O)COC(=O)C=C)cc3)cc2O)cc1. The largest absolute Gasteiger partial charge is 0.504 e. The number of hydrogen-bond acceptors (Lipinski definition) is 16. The highest BCUT2D eigenvalue weighted by atomic mass is 16.6. The van der Waals surface area contributed by atoms with Crippen LogP contribution in [0.5, 0.6) is 34.5 Å². The van der Waals surface area contributed by atoms with E-state index in [4.69, 9.17) is 37.9 Å². The quantitative estimate of drug-likeness (QED) is 0.0296. The first-order chi connectivity index (χ1) is 27.0. The first-order valence-corrected chi connectivity index (χ1v) is 17.5. The van der Waals surface area contributed by atoms with E-state index < -0.39 is 47.6 Å². The molecule has 2 unspecified atom stereocenters. The number of aliphatic hydroxyl groups excluding tert-OH is 2. The van der Waals surface area contributed by atoms with Gasteiger partial charge in [-0.15, -0.1) is 0 Å². The molecule has 0 aliphatic heterocycles. The number of phenols is 2. The van der Waals surface area contributed by atoms with Gasteiger partial charge in [0, 0.05) is 37.5 Å². The van der Waals surface area contributed by atoms with Crippen LogP contribution in [0.3, 0.4) is 0 Å². The molecule has 0 amide bonds. The molecule has 3 aromatic carbocycles. The van der Waals surface area contributed by atoms with Gasteiger partial charge in [0.25, 0.3) is 0 Å². The Labute approximate surface area is 323 Å². The van der Waals surface area contributed by atoms with Crippen molar-refractivity contribution in [3.05, 3.63) is 97.1 Å². The number of aliphatic hydroxyl groups is 2. The van der Waals surface area contributed by atoms with Crippen molar-refractivity contribution in [3.8, 4) is 34.5 Å². The van der Waals surface area contributed by atoms with Crippen LogP contribution in [0.25, 0.3) is 0 Å². The first-order valence-electron chi connectivity index (χ1n) is 17.5. The number of unbranched alkanes of at least 4 members (excludes halogenated alkanes) is 2. The van der Waals surface area contributed by atoms with Crippen LogP contribution >= 0.6 is 0 Å². The van der Waals surface area contributed by atoms with Crippen LogP contribution in [0, 0.1) is 0 Å². The van der Waals surface area contributed by atoms with Crippen LogP contribution in [0.2, 0.25) is 0 Å². The maximum absolute atomic E-state index is 12.7. The molecule has 0 radical (unpaired) electrons. The van der Waals surface area contributed by atoms with Crippen molar-refractivity contribution in [2.45, 2.75) is 37.9 Å². The second-order valence-electron chi connectivity index (χ2n) is 11.9. The minimum atomic E-state index is -0.937. The van der Waals surface area contributed by atoms with Crippen molar-refractivity contribution < 1.29 is 77.5 Å². The topological polar surface area (TPSA) is 223 Å². The number of carbonyl (C=O) groups is 4. The number of carbonyl (C=O) groups excluding carboxylic acids is 4. The van der Waals surface area contributed by atoms with E-state index in [0.717, 1.165) is 24.3 Å². The molecule has 0 aliphatic carbocycles. The van der Waals surface area contributed by atoms with Gasteiger partial charge < -0.3 is 58.3 Å². The average molecular weight is 783 g/mol. The summed E-state index contributed by atoms with van der Waals surface area (Å²) in [6.07, 6.45) is 2.74. The zero-order valence-electron chi connectivity index (χ0n) is 30.7. The molecular formula is C40H46O16. The summed E-state index contributed by atoms with van der Waals surface area (Å²) in [6.45, 7) is 7.68. The van der Waals surface area contributed by atoms with Crippen LogP contribution in [0.15, 0.2) is 86.0 Å². The first kappa shape index (κ1) is 44.5. The molecule has 0 aromatic heterocycles. The maximum atomic E-state index is 12.7. The minimum absolute atomic E-state index is 0.0163. The van der Waals surface area contributed by atoms with Gasteiger partial charge in [-0.25, -0.2) is 19.2 Å². The summed E-state index contributed by atoms with van der Waals surface area (Å²) in [6, 6.07) is 14.0. The fourth-order valence-corrected chi connectivity index (χ4v) is 4.40. The Morgan fingerprint density at radius 3 is 1.27 bits per heavy atom. The molecule has 0 saturated heterocycles. The molecule has 0 fully saturated rings. The van der Waals surface area contributed by atoms with E-state index in [1.165, 1.54) is 24.3 Å². The van der Waals surface area contributed by atoms with Crippen LogP contribution < -0.4 is 18.9 Å². The highest BCUT2D eigenvalue weighted by Crippen LogP contribution is 2.39. The standard InChI is InChI=1S/C40H46O16/c1-3-37(45)53-25-29(41)23-49-17-5-7-19-51-31-13-9-27(10-14-31)39(47)55-35-21-34(44)36(22-33(35)43)56-40(48)28-11-15-32(16-12-28)52-20-8-6-18-50-24-30(42)26-54-38(46)4-2/h3-4,9-16,21-22,29-30,41-44H,1-2,5-8,17-20,23-26H2. The summed E-state index contributed by atoms with van der Waals surface area (Å²) in [5.74, 6) is -3.76. The van der Waals surface area contributed by atoms with Gasteiger partial charge in [0.1, 0.15) is 36.9 Å². The summed E-state index contributed by atoms with van der Waals surface area (Å²) in [7, 11) is 0. The molecule has 3 rings (SSSR count). The fourth-order valence-electron chi connectivity index (χ4n) is 4.40. The summed E-state index contributed by atoms with van der Waals surface area (Å²) in [5.41, 5.74) is 0.272. The van der Waals surface area contributed by atoms with Gasteiger partial charge in [0.05, 0.1) is 37.6 Å². The van der Waals surface area contributed by atoms with E-state index in [1.54, 1.807) is 24.3 Å². The molecule has 0 heterocycles. The third kappa shape index (κ3) is 16.6. The number of benzene rings is 3. The van der Waals surface area contributed by atoms with Gasteiger partial charge in [0.2, 0.25) is 0 Å². The lowest BCUT2D eigenvalue weighted by atomic mass is 10.2. The van der Waals surface area contributed by atoms with Crippen molar-refractivity contribution in [2.24, 2.45) is 0 Å². The molecule has 2 atom stereocenters. The van der Waals surface area contributed by atoms with E-state index in [9.17, 15) is 39.6 Å². The molecule has 0 spiro atoms. The molecule has 4 N–H and O–H groups in total. The van der Waals surface area contributed by atoms with E-state index in [-0.39, 0.29) is 49.1 Å². The number of esters is 4. The summed E-state index contributed by atoms with van der Waals surface area (Å²) >= 11 is 0. The van der Waals surface area contributed by atoms with Gasteiger partial charge in [-0.1, -0.05) is 13.2 Å². The number of ether oxygens (including phenoxy) is 8. The zero-order chi connectivity index (χ0) is 40.7. The lowest BCUT2D eigenvalue weighted by Crippen LogP contribution is -2.23. The van der Waals surface area contributed by atoms with Crippen molar-refractivity contribution in [1.82, 2.24) is 0 Å². The molecule has 0 bridgehead atoms. The number of aromatic hydroxyl groups is 2. The third-order valence-corrected chi connectivity index (χ3v) is 7.32. The predicted octanol–water partition coefficient (Wildman–Crippen LogP) is 4.07. The van der Waals surface area contributed by atoms with Gasteiger partial charge in [-0.05, 0) is 74.2 Å². The van der Waals surface area contributed by atoms with Crippen molar-refractivity contribution in [2.75, 3.05) is 52.9 Å². The molecular weight excluding hydrogens is 736 g/mol. The Morgan fingerprint density at radius 2 is 0.911 bits per heavy atom. The summed E-state index contributed by atoms with van der Waals surface area (Å²) in [5, 5.41) is 40.3. The Hall–Kier alpha value is -5.94. The van der Waals surface area contributed by atoms with Crippen molar-refractivity contribution in [1.29, 1.82) is 0 Å². The van der Waals surface area contributed by atoms with Gasteiger partial charge in [-0.3, -0.25) is 0 Å². The lowest BCUT2D eigenvalue weighted by Gasteiger charge is -2.12. The highest BCUT2D eigenvalue weighted by molar-refractivity contribution is 5.93. The molecule has 16 heteroatoms. The van der Waals surface area contributed by atoms with Crippen molar-refractivity contribution in [3.63, 3.8) is 0 Å². The smallest absolute Gasteiger partial charge is 0.343 e.